The van der Waals surface area contributed by atoms with Gasteiger partial charge in [-0.3, -0.25) is 0 Å². The van der Waals surface area contributed by atoms with Gasteiger partial charge in [-0.2, -0.15) is 0 Å². The van der Waals surface area contributed by atoms with Gasteiger partial charge in [0.05, 0.1) is 7.11 Å². The number of alkyl halides is 1. The van der Waals surface area contributed by atoms with Crippen LogP contribution in [0.3, 0.4) is 0 Å². The van der Waals surface area contributed by atoms with Gasteiger partial charge in [0.2, 0.25) is 0 Å². The van der Waals surface area contributed by atoms with E-state index in [-0.39, 0.29) is 0 Å². The van der Waals surface area contributed by atoms with Crippen LogP contribution in [0.25, 0.3) is 0 Å². The van der Waals surface area contributed by atoms with E-state index in [0.717, 1.165) is 5.56 Å². The molecule has 0 spiro atoms. The fraction of sp³-hybridized carbons (Fsp3) is 0.526. The first-order valence-electron chi connectivity index (χ1n) is 8.29. The van der Waals surface area contributed by atoms with E-state index < -0.39 is 11.3 Å². The Morgan fingerprint density at radius 1 is 1.32 bits per heavy atom. The quantitative estimate of drug-likeness (QED) is 0.775. The zero-order chi connectivity index (χ0) is 18.7. The van der Waals surface area contributed by atoms with E-state index in [0.29, 0.717) is 35.7 Å². The molecule has 25 heavy (non-hydrogen) atoms. The van der Waals surface area contributed by atoms with Crippen molar-refractivity contribution in [3.05, 3.63) is 45.9 Å². The second-order valence-electron chi connectivity index (χ2n) is 7.19. The third-order valence-electron chi connectivity index (χ3n) is 4.05. The van der Waals surface area contributed by atoms with E-state index in [1.54, 1.807) is 27.2 Å². The summed E-state index contributed by atoms with van der Waals surface area (Å²) in [5, 5.41) is 14.0. The molecule has 1 aromatic heterocycles. The molecule has 1 N–H and O–H groups in total. The standard InChI is InChI=1S/C19H27FN2O2S/c1-18(2,20)9-8-14-6-7-16(24-5)15(12-14)19(23,13-22(3)4)17-21-10-11-25-17/h6-7,10-12,23H,8-9,13H2,1-5H3. The van der Waals surface area contributed by atoms with Crippen LogP contribution in [0.5, 0.6) is 5.75 Å². The Labute approximate surface area is 153 Å². The minimum absolute atomic E-state index is 0.370. The lowest BCUT2D eigenvalue weighted by atomic mass is 9.89. The number of aromatic nitrogens is 1. The van der Waals surface area contributed by atoms with E-state index in [1.807, 2.05) is 42.6 Å². The maximum Gasteiger partial charge on any atom is 0.157 e. The summed E-state index contributed by atoms with van der Waals surface area (Å²) in [6.45, 7) is 3.53. The second kappa shape index (κ2) is 7.81. The van der Waals surface area contributed by atoms with Crippen molar-refractivity contribution < 1.29 is 14.2 Å². The lowest BCUT2D eigenvalue weighted by molar-refractivity contribution is 0.0487. The van der Waals surface area contributed by atoms with Crippen molar-refractivity contribution in [2.45, 2.75) is 38.0 Å². The van der Waals surface area contributed by atoms with Crippen LogP contribution < -0.4 is 4.74 Å². The van der Waals surface area contributed by atoms with Crippen molar-refractivity contribution in [2.24, 2.45) is 0 Å². The largest absolute Gasteiger partial charge is 0.496 e. The summed E-state index contributed by atoms with van der Waals surface area (Å²) in [6, 6.07) is 5.67. The highest BCUT2D eigenvalue weighted by Crippen LogP contribution is 2.38. The molecule has 2 aromatic rings. The van der Waals surface area contributed by atoms with Crippen LogP contribution in [0.1, 0.15) is 36.4 Å². The minimum Gasteiger partial charge on any atom is -0.496 e. The Morgan fingerprint density at radius 3 is 2.56 bits per heavy atom. The maximum atomic E-state index is 13.9. The number of nitrogens with zero attached hydrogens (tertiary/aromatic N) is 2. The predicted molar refractivity (Wildman–Crippen MR) is 100 cm³/mol. The molecule has 0 saturated carbocycles. The van der Waals surface area contributed by atoms with Gasteiger partial charge in [-0.25, -0.2) is 9.37 Å². The summed E-state index contributed by atoms with van der Waals surface area (Å²) in [5.74, 6) is 0.600. The topological polar surface area (TPSA) is 45.6 Å². The Balaban J connectivity index is 2.48. The summed E-state index contributed by atoms with van der Waals surface area (Å²) < 4.78 is 19.4. The van der Waals surface area contributed by atoms with Crippen molar-refractivity contribution in [3.63, 3.8) is 0 Å². The molecule has 1 atom stereocenters. The van der Waals surface area contributed by atoms with Crippen molar-refractivity contribution in [3.8, 4) is 5.75 Å². The summed E-state index contributed by atoms with van der Waals surface area (Å²) in [5.41, 5.74) is -0.886. The predicted octanol–water partition coefficient (Wildman–Crippen LogP) is 3.63. The highest BCUT2D eigenvalue weighted by atomic mass is 32.1. The van der Waals surface area contributed by atoms with Crippen LogP contribution in [0, 0.1) is 0 Å². The second-order valence-corrected chi connectivity index (χ2v) is 8.08. The van der Waals surface area contributed by atoms with Gasteiger partial charge in [-0.05, 0) is 58.5 Å². The molecule has 0 saturated heterocycles. The van der Waals surface area contributed by atoms with E-state index in [1.165, 1.54) is 11.3 Å². The van der Waals surface area contributed by atoms with Gasteiger partial charge in [0.15, 0.2) is 5.60 Å². The molecule has 0 aliphatic rings. The first-order valence-corrected chi connectivity index (χ1v) is 9.17. The lowest BCUT2D eigenvalue weighted by Gasteiger charge is -2.31. The van der Waals surface area contributed by atoms with Crippen LogP contribution in [0.2, 0.25) is 0 Å². The van der Waals surface area contributed by atoms with E-state index in [9.17, 15) is 9.50 Å². The van der Waals surface area contributed by atoms with Gasteiger partial charge in [-0.1, -0.05) is 6.07 Å². The van der Waals surface area contributed by atoms with Crippen molar-refractivity contribution in [2.75, 3.05) is 27.7 Å². The molecule has 4 nitrogen and oxygen atoms in total. The molecule has 0 fully saturated rings. The number of thiazole rings is 1. The Morgan fingerprint density at radius 2 is 2.04 bits per heavy atom. The molecule has 0 aliphatic carbocycles. The molecule has 1 aromatic carbocycles. The van der Waals surface area contributed by atoms with Gasteiger partial charge in [0, 0.05) is 23.7 Å². The van der Waals surface area contributed by atoms with Crippen LogP contribution in [0.15, 0.2) is 29.8 Å². The molecule has 0 radical (unpaired) electrons. The van der Waals surface area contributed by atoms with Gasteiger partial charge in [-0.15, -0.1) is 11.3 Å². The van der Waals surface area contributed by atoms with Crippen LogP contribution in [-0.4, -0.2) is 48.4 Å². The SMILES string of the molecule is COc1ccc(CCC(C)(C)F)cc1C(O)(CN(C)C)c1nccs1. The molecule has 1 unspecified atom stereocenters. The highest BCUT2D eigenvalue weighted by Gasteiger charge is 2.37. The minimum atomic E-state index is -1.29. The smallest absolute Gasteiger partial charge is 0.157 e. The fourth-order valence-electron chi connectivity index (χ4n) is 2.83. The average molecular weight is 367 g/mol. The number of hydrogen-bond acceptors (Lipinski definition) is 5. The van der Waals surface area contributed by atoms with Crippen molar-refractivity contribution in [1.29, 1.82) is 0 Å². The van der Waals surface area contributed by atoms with Gasteiger partial charge in [0.1, 0.15) is 16.4 Å². The Kier molecular flexibility index (Phi) is 6.19. The number of ether oxygens (including phenoxy) is 1. The number of benzene rings is 1. The zero-order valence-corrected chi connectivity index (χ0v) is 16.4. The molecule has 0 aliphatic heterocycles. The number of methoxy groups -OCH3 is 1. The van der Waals surface area contributed by atoms with Crippen molar-refractivity contribution in [1.82, 2.24) is 9.88 Å². The normalized spacial score (nSPS) is 14.6. The third kappa shape index (κ3) is 5.00. The molecular formula is C19H27FN2O2S. The lowest BCUT2D eigenvalue weighted by Crippen LogP contribution is -2.39. The summed E-state index contributed by atoms with van der Waals surface area (Å²) in [7, 11) is 5.39. The Hall–Kier alpha value is -1.50. The van der Waals surface area contributed by atoms with Crippen LogP contribution >= 0.6 is 11.3 Å². The number of halogens is 1. The third-order valence-corrected chi connectivity index (χ3v) is 4.97. The summed E-state index contributed by atoms with van der Waals surface area (Å²) in [4.78, 5) is 6.25. The summed E-state index contributed by atoms with van der Waals surface area (Å²) in [6.07, 6.45) is 2.70. The Bertz CT molecular complexity index is 683. The van der Waals surface area contributed by atoms with E-state index in [4.69, 9.17) is 4.74 Å². The van der Waals surface area contributed by atoms with Gasteiger partial charge < -0.3 is 14.7 Å². The van der Waals surface area contributed by atoms with Crippen molar-refractivity contribution >= 4 is 11.3 Å². The van der Waals surface area contributed by atoms with E-state index >= 15 is 0 Å². The number of aryl methyl sites for hydroxylation is 1. The molecular weight excluding hydrogens is 339 g/mol. The number of hydrogen-bond donors (Lipinski definition) is 1. The van der Waals surface area contributed by atoms with E-state index in [2.05, 4.69) is 4.98 Å². The first kappa shape index (κ1) is 19.8. The average Bonchev–Trinajstić information content (AvgIpc) is 3.06. The monoisotopic (exact) mass is 366 g/mol. The van der Waals surface area contributed by atoms with Crippen LogP contribution in [-0.2, 0) is 12.0 Å². The number of rotatable bonds is 8. The molecule has 138 valence electrons. The fourth-order valence-corrected chi connectivity index (χ4v) is 3.57. The zero-order valence-electron chi connectivity index (χ0n) is 15.5. The maximum absolute atomic E-state index is 13.9. The first-order chi connectivity index (χ1) is 11.7. The summed E-state index contributed by atoms with van der Waals surface area (Å²) >= 11 is 1.41. The molecule has 2 rings (SSSR count). The molecule has 0 bridgehead atoms. The highest BCUT2D eigenvalue weighted by molar-refractivity contribution is 7.09. The van der Waals surface area contributed by atoms with Gasteiger partial charge in [0.25, 0.3) is 0 Å². The van der Waals surface area contributed by atoms with Gasteiger partial charge >= 0.3 is 0 Å². The number of likely N-dealkylation sites (N-methyl/N-ethyl adjacent to an activating group) is 1. The molecule has 6 heteroatoms. The molecule has 0 amide bonds. The molecule has 1 heterocycles. The number of aliphatic hydroxyl groups is 1. The van der Waals surface area contributed by atoms with Crippen LogP contribution in [0.4, 0.5) is 4.39 Å².